The molecule has 0 unspecified atom stereocenters. The zero-order valence-corrected chi connectivity index (χ0v) is 25.2. The molecule has 2 aromatic rings. The van der Waals surface area contributed by atoms with E-state index in [9.17, 15) is 19.8 Å². The first-order valence-corrected chi connectivity index (χ1v) is 16.5. The molecule has 2 atom stereocenters. The molecule has 2 amide bonds. The molecule has 0 aliphatic heterocycles. The molecule has 42 heavy (non-hydrogen) atoms. The number of amides is 2. The van der Waals surface area contributed by atoms with Crippen molar-refractivity contribution >= 4 is 11.8 Å². The molecule has 6 nitrogen and oxygen atoms in total. The minimum Gasteiger partial charge on any atom is -0.388 e. The molecule has 3 saturated carbocycles. The fourth-order valence-electron chi connectivity index (χ4n) is 7.78. The second-order valence-electron chi connectivity index (χ2n) is 13.4. The number of hydrogen-bond donors (Lipinski definition) is 4. The summed E-state index contributed by atoms with van der Waals surface area (Å²) in [6.45, 7) is 0. The maximum atomic E-state index is 14.4. The third-order valence-electron chi connectivity index (χ3n) is 10.5. The predicted molar refractivity (Wildman–Crippen MR) is 166 cm³/mol. The second kappa shape index (κ2) is 13.7. The number of rotatable bonds is 10. The Balaban J connectivity index is 1.41. The van der Waals surface area contributed by atoms with Gasteiger partial charge in [-0.05, 0) is 62.5 Å². The highest BCUT2D eigenvalue weighted by Crippen LogP contribution is 2.40. The summed E-state index contributed by atoms with van der Waals surface area (Å²) in [6, 6.07) is 19.1. The largest absolute Gasteiger partial charge is 0.388 e. The van der Waals surface area contributed by atoms with Crippen LogP contribution in [0.25, 0.3) is 0 Å². The van der Waals surface area contributed by atoms with Gasteiger partial charge in [0.05, 0.1) is 23.3 Å². The maximum absolute atomic E-state index is 14.4. The van der Waals surface area contributed by atoms with Gasteiger partial charge in [0.15, 0.2) is 0 Å². The molecule has 6 heteroatoms. The van der Waals surface area contributed by atoms with Crippen molar-refractivity contribution in [3.8, 4) is 0 Å². The van der Waals surface area contributed by atoms with Crippen LogP contribution in [0.15, 0.2) is 60.7 Å². The van der Waals surface area contributed by atoms with E-state index >= 15 is 0 Å². The molecule has 0 heterocycles. The van der Waals surface area contributed by atoms with Crippen molar-refractivity contribution in [3.05, 3.63) is 71.8 Å². The molecule has 228 valence electrons. The van der Waals surface area contributed by atoms with Gasteiger partial charge in [-0.25, -0.2) is 0 Å². The fourth-order valence-corrected chi connectivity index (χ4v) is 7.78. The van der Waals surface area contributed by atoms with Crippen LogP contribution in [0.3, 0.4) is 0 Å². The Labute approximate surface area is 251 Å². The van der Waals surface area contributed by atoms with Gasteiger partial charge in [-0.3, -0.25) is 9.59 Å². The SMILES string of the molecule is O=C(N[C@H](Cc1ccccc1)C1(O)CCCCC1)C1(C(=O)N[C@H](Cc2ccccc2)C2(O)CCCCC2)CCCCC1. The smallest absolute Gasteiger partial charge is 0.236 e. The van der Waals surface area contributed by atoms with Crippen LogP contribution in [0, 0.1) is 5.41 Å². The van der Waals surface area contributed by atoms with E-state index in [1.54, 1.807) is 0 Å². The molecule has 0 radical (unpaired) electrons. The van der Waals surface area contributed by atoms with Gasteiger partial charge in [-0.15, -0.1) is 0 Å². The van der Waals surface area contributed by atoms with E-state index in [4.69, 9.17) is 0 Å². The average Bonchev–Trinajstić information content (AvgIpc) is 3.02. The van der Waals surface area contributed by atoms with Crippen molar-refractivity contribution in [2.45, 2.75) is 132 Å². The van der Waals surface area contributed by atoms with Gasteiger partial charge in [0, 0.05) is 0 Å². The van der Waals surface area contributed by atoms with E-state index in [0.29, 0.717) is 51.4 Å². The van der Waals surface area contributed by atoms with Crippen LogP contribution in [0.4, 0.5) is 0 Å². The highest BCUT2D eigenvalue weighted by Gasteiger charge is 2.51. The van der Waals surface area contributed by atoms with Crippen molar-refractivity contribution in [2.24, 2.45) is 5.41 Å². The Bertz CT molecular complexity index is 1060. The Morgan fingerprint density at radius 1 is 0.548 bits per heavy atom. The van der Waals surface area contributed by atoms with Gasteiger partial charge in [0.1, 0.15) is 5.41 Å². The van der Waals surface area contributed by atoms with Gasteiger partial charge in [0.2, 0.25) is 11.8 Å². The van der Waals surface area contributed by atoms with Gasteiger partial charge in [-0.1, -0.05) is 118 Å². The van der Waals surface area contributed by atoms with Crippen molar-refractivity contribution in [1.29, 1.82) is 0 Å². The Morgan fingerprint density at radius 2 is 0.881 bits per heavy atom. The maximum Gasteiger partial charge on any atom is 0.236 e. The van der Waals surface area contributed by atoms with Gasteiger partial charge in [-0.2, -0.15) is 0 Å². The molecule has 5 rings (SSSR count). The molecule has 3 aliphatic carbocycles. The van der Waals surface area contributed by atoms with E-state index in [0.717, 1.165) is 68.9 Å². The third-order valence-corrected chi connectivity index (χ3v) is 10.5. The summed E-state index contributed by atoms with van der Waals surface area (Å²) in [5, 5.41) is 30.2. The molecule has 0 spiro atoms. The summed E-state index contributed by atoms with van der Waals surface area (Å²) in [6.07, 6.45) is 13.1. The number of carbonyl (C=O) groups is 2. The lowest BCUT2D eigenvalue weighted by Crippen LogP contribution is -2.63. The van der Waals surface area contributed by atoms with Crippen LogP contribution in [0.2, 0.25) is 0 Å². The Hall–Kier alpha value is -2.70. The van der Waals surface area contributed by atoms with Crippen LogP contribution in [0.1, 0.15) is 107 Å². The highest BCUT2D eigenvalue weighted by atomic mass is 16.3. The summed E-state index contributed by atoms with van der Waals surface area (Å²) in [4.78, 5) is 28.8. The molecule has 2 aromatic carbocycles. The number of carbonyl (C=O) groups excluding carboxylic acids is 2. The van der Waals surface area contributed by atoms with E-state index in [2.05, 4.69) is 10.6 Å². The number of nitrogens with one attached hydrogen (secondary N) is 2. The van der Waals surface area contributed by atoms with Crippen LogP contribution in [-0.4, -0.2) is 45.3 Å². The third kappa shape index (κ3) is 7.08. The minimum absolute atomic E-state index is 0.270. The van der Waals surface area contributed by atoms with E-state index in [-0.39, 0.29) is 11.8 Å². The molecular weight excluding hydrogens is 524 g/mol. The molecular formula is C36H50N2O4. The van der Waals surface area contributed by atoms with Gasteiger partial charge in [0.25, 0.3) is 0 Å². The van der Waals surface area contributed by atoms with Crippen LogP contribution >= 0.6 is 0 Å². The normalized spacial score (nSPS) is 22.8. The summed E-state index contributed by atoms with van der Waals surface area (Å²) in [5.41, 5.74) is -1.08. The minimum atomic E-state index is -1.21. The lowest BCUT2D eigenvalue weighted by Gasteiger charge is -2.44. The number of benzene rings is 2. The molecule has 3 fully saturated rings. The zero-order chi connectivity index (χ0) is 29.5. The molecule has 0 bridgehead atoms. The number of hydrogen-bond acceptors (Lipinski definition) is 4. The highest BCUT2D eigenvalue weighted by molar-refractivity contribution is 6.05. The zero-order valence-electron chi connectivity index (χ0n) is 25.2. The van der Waals surface area contributed by atoms with Crippen molar-refractivity contribution in [2.75, 3.05) is 0 Å². The van der Waals surface area contributed by atoms with Crippen molar-refractivity contribution in [1.82, 2.24) is 10.6 Å². The summed E-state index contributed by atoms with van der Waals surface area (Å²) < 4.78 is 0. The molecule has 0 aromatic heterocycles. The van der Waals surface area contributed by atoms with Gasteiger partial charge >= 0.3 is 0 Å². The summed E-state index contributed by atoms with van der Waals surface area (Å²) in [7, 11) is 0. The second-order valence-corrected chi connectivity index (χ2v) is 13.4. The lowest BCUT2D eigenvalue weighted by molar-refractivity contribution is -0.150. The van der Waals surface area contributed by atoms with Crippen LogP contribution in [0.5, 0.6) is 0 Å². The average molecular weight is 575 g/mol. The van der Waals surface area contributed by atoms with E-state index in [1.807, 2.05) is 60.7 Å². The van der Waals surface area contributed by atoms with Crippen molar-refractivity contribution < 1.29 is 19.8 Å². The molecule has 0 saturated heterocycles. The predicted octanol–water partition coefficient (Wildman–Crippen LogP) is 5.78. The van der Waals surface area contributed by atoms with Crippen LogP contribution in [-0.2, 0) is 22.4 Å². The number of aliphatic hydroxyl groups is 2. The van der Waals surface area contributed by atoms with Crippen molar-refractivity contribution in [3.63, 3.8) is 0 Å². The summed E-state index contributed by atoms with van der Waals surface area (Å²) >= 11 is 0. The fraction of sp³-hybridized carbons (Fsp3) is 0.611. The first-order valence-electron chi connectivity index (χ1n) is 16.5. The van der Waals surface area contributed by atoms with Crippen LogP contribution < -0.4 is 10.6 Å². The first-order chi connectivity index (χ1) is 20.3. The quantitative estimate of drug-likeness (QED) is 0.270. The lowest BCUT2D eigenvalue weighted by atomic mass is 9.70. The summed E-state index contributed by atoms with van der Waals surface area (Å²) in [5.74, 6) is -0.539. The monoisotopic (exact) mass is 574 g/mol. The molecule has 3 aliphatic rings. The topological polar surface area (TPSA) is 98.7 Å². The molecule has 4 N–H and O–H groups in total. The standard InChI is InChI=1S/C36H50N2O4/c39-32(37-30(26-28-16-6-1-7-17-28)35(41)22-12-4-13-23-35)34(20-10-3-11-21-34)33(40)38-31(27-29-18-8-2-9-19-29)36(42)24-14-5-15-25-36/h1-2,6-9,16-19,30-31,41-42H,3-5,10-15,20-27H2,(H,37,39)(H,38,40)/t30-,31-/m1/s1. The van der Waals surface area contributed by atoms with E-state index in [1.165, 1.54) is 0 Å². The Kier molecular flexibility index (Phi) is 10.1. The van der Waals surface area contributed by atoms with Gasteiger partial charge < -0.3 is 20.8 Å². The van der Waals surface area contributed by atoms with E-state index < -0.39 is 28.7 Å². The Morgan fingerprint density at radius 3 is 1.24 bits per heavy atom. The first kappa shape index (κ1) is 30.7.